The van der Waals surface area contributed by atoms with Gasteiger partial charge < -0.3 is 10.0 Å². The monoisotopic (exact) mass is 393 g/mol. The Morgan fingerprint density at radius 3 is 2.83 bits per heavy atom. The van der Waals surface area contributed by atoms with Crippen molar-refractivity contribution in [1.82, 2.24) is 10.2 Å². The fraction of sp³-hybridized carbons (Fsp3) is 0.438. The molecule has 0 spiro atoms. The maximum atomic E-state index is 11.8. The minimum atomic E-state index is -0.657. The number of aromatic nitrogens is 2. The molecule has 0 unspecified atom stereocenters. The topological polar surface area (TPSA) is 66.3 Å². The minimum absolute atomic E-state index is 0.231. The number of carboxylic acids is 1. The van der Waals surface area contributed by atoms with Crippen molar-refractivity contribution in [2.45, 2.75) is 19.3 Å². The van der Waals surface area contributed by atoms with Crippen LogP contribution in [-0.4, -0.2) is 34.4 Å². The molecule has 2 fully saturated rings. The minimum Gasteiger partial charge on any atom is -0.481 e. The smallest absolute Gasteiger partial charge is 0.311 e. The van der Waals surface area contributed by atoms with E-state index >= 15 is 0 Å². The third kappa shape index (κ3) is 2.46. The summed E-state index contributed by atoms with van der Waals surface area (Å²) in [5.74, 6) is 0.352. The largest absolute Gasteiger partial charge is 0.481 e. The number of hydrogen-bond donors (Lipinski definition) is 1. The summed E-state index contributed by atoms with van der Waals surface area (Å²) in [7, 11) is 0. The van der Waals surface area contributed by atoms with Gasteiger partial charge in [0.05, 0.1) is 14.1 Å². The molecule has 2 aromatic rings. The quantitative estimate of drug-likeness (QED) is 0.861. The maximum Gasteiger partial charge on any atom is 0.311 e. The first-order chi connectivity index (χ1) is 11.1. The molecule has 4 rings (SSSR count). The van der Waals surface area contributed by atoms with E-state index in [4.69, 9.17) is 0 Å². The first-order valence-electron chi connectivity index (χ1n) is 7.66. The van der Waals surface area contributed by atoms with Crippen LogP contribution in [0.1, 0.15) is 19.3 Å². The van der Waals surface area contributed by atoms with Crippen molar-refractivity contribution in [3.63, 3.8) is 0 Å². The molecule has 1 saturated heterocycles. The highest BCUT2D eigenvalue weighted by molar-refractivity contribution is 9.11. The summed E-state index contributed by atoms with van der Waals surface area (Å²) < 4.78 is 1.06. The van der Waals surface area contributed by atoms with Crippen LogP contribution in [0.3, 0.4) is 0 Å². The predicted octanol–water partition coefficient (Wildman–Crippen LogP) is 3.66. The van der Waals surface area contributed by atoms with Gasteiger partial charge in [-0.15, -0.1) is 21.5 Å². The third-order valence-corrected chi connectivity index (χ3v) is 6.74. The fourth-order valence-corrected chi connectivity index (χ4v) is 5.24. The van der Waals surface area contributed by atoms with Crippen molar-refractivity contribution in [2.75, 3.05) is 18.0 Å². The van der Waals surface area contributed by atoms with Crippen molar-refractivity contribution in [3.05, 3.63) is 28.1 Å². The molecule has 1 N–H and O–H groups in total. The standard InChI is InChI=1S/C16H16BrN3O2S/c17-13-5-4-12(23-13)11-3-6-14(19-18-11)20-8-10-2-1-7-16(10,9-20)15(21)22/h3-6,10H,1-2,7-9H2,(H,21,22)/t10-,16+/m0/s1. The van der Waals surface area contributed by atoms with Crippen LogP contribution in [0.25, 0.3) is 10.6 Å². The van der Waals surface area contributed by atoms with Crippen LogP contribution in [0.4, 0.5) is 5.82 Å². The number of fused-ring (bicyclic) bond motifs is 1. The van der Waals surface area contributed by atoms with Gasteiger partial charge in [0.25, 0.3) is 0 Å². The van der Waals surface area contributed by atoms with Crippen LogP contribution >= 0.6 is 27.3 Å². The number of nitrogens with zero attached hydrogens (tertiary/aromatic N) is 3. The Balaban J connectivity index is 1.57. The van der Waals surface area contributed by atoms with Gasteiger partial charge >= 0.3 is 5.97 Å². The van der Waals surface area contributed by atoms with Crippen LogP contribution < -0.4 is 4.90 Å². The highest BCUT2D eigenvalue weighted by Crippen LogP contribution is 2.49. The molecule has 23 heavy (non-hydrogen) atoms. The van der Waals surface area contributed by atoms with Gasteiger partial charge in [0.15, 0.2) is 5.82 Å². The Labute approximate surface area is 146 Å². The summed E-state index contributed by atoms with van der Waals surface area (Å²) >= 11 is 5.07. The van der Waals surface area contributed by atoms with E-state index in [9.17, 15) is 9.90 Å². The summed E-state index contributed by atoms with van der Waals surface area (Å²) in [4.78, 5) is 14.9. The Morgan fingerprint density at radius 2 is 2.22 bits per heavy atom. The van der Waals surface area contributed by atoms with Crippen LogP contribution in [-0.2, 0) is 4.79 Å². The van der Waals surface area contributed by atoms with Gasteiger partial charge in [0, 0.05) is 13.1 Å². The number of anilines is 1. The van der Waals surface area contributed by atoms with Gasteiger partial charge in [-0.05, 0) is 59.0 Å². The molecule has 7 heteroatoms. The number of thiophene rings is 1. The second kappa shape index (κ2) is 5.56. The molecule has 0 radical (unpaired) electrons. The lowest BCUT2D eigenvalue weighted by Crippen LogP contribution is -2.35. The van der Waals surface area contributed by atoms with E-state index in [1.165, 1.54) is 0 Å². The summed E-state index contributed by atoms with van der Waals surface area (Å²) in [6.45, 7) is 1.32. The highest BCUT2D eigenvalue weighted by Gasteiger charge is 2.55. The van der Waals surface area contributed by atoms with E-state index in [-0.39, 0.29) is 5.92 Å². The number of carboxylic acid groups (broad SMARTS) is 1. The lowest BCUT2D eigenvalue weighted by Gasteiger charge is -2.23. The zero-order valence-electron chi connectivity index (χ0n) is 12.4. The first-order valence-corrected chi connectivity index (χ1v) is 9.27. The van der Waals surface area contributed by atoms with Crippen molar-refractivity contribution in [1.29, 1.82) is 0 Å². The first kappa shape index (κ1) is 15.1. The van der Waals surface area contributed by atoms with Crippen molar-refractivity contribution in [2.24, 2.45) is 11.3 Å². The molecule has 0 aromatic carbocycles. The van der Waals surface area contributed by atoms with E-state index in [0.29, 0.717) is 6.54 Å². The lowest BCUT2D eigenvalue weighted by atomic mass is 9.81. The van der Waals surface area contributed by atoms with Crippen LogP contribution in [0, 0.1) is 11.3 Å². The molecule has 2 aromatic heterocycles. The van der Waals surface area contributed by atoms with E-state index in [2.05, 4.69) is 31.0 Å². The van der Waals surface area contributed by atoms with Gasteiger partial charge in [0.2, 0.25) is 0 Å². The van der Waals surface area contributed by atoms with Crippen molar-refractivity contribution in [3.8, 4) is 10.6 Å². The molecule has 5 nitrogen and oxygen atoms in total. The molecule has 120 valence electrons. The van der Waals surface area contributed by atoms with Gasteiger partial charge in [-0.2, -0.15) is 0 Å². The third-order valence-electron chi connectivity index (χ3n) is 5.10. The van der Waals surface area contributed by atoms with Gasteiger partial charge in [-0.25, -0.2) is 0 Å². The number of aliphatic carboxylic acids is 1. The summed E-state index contributed by atoms with van der Waals surface area (Å²) in [6, 6.07) is 7.92. The maximum absolute atomic E-state index is 11.8. The van der Waals surface area contributed by atoms with Crippen molar-refractivity contribution >= 4 is 39.1 Å². The number of rotatable bonds is 3. The van der Waals surface area contributed by atoms with Gasteiger partial charge in [-0.1, -0.05) is 6.42 Å². The molecular weight excluding hydrogens is 378 g/mol. The normalized spacial score (nSPS) is 26.5. The van der Waals surface area contributed by atoms with E-state index in [1.807, 2.05) is 24.3 Å². The molecular formula is C16H16BrN3O2S. The summed E-state index contributed by atoms with van der Waals surface area (Å²) in [5.41, 5.74) is 0.260. The highest BCUT2D eigenvalue weighted by atomic mass is 79.9. The van der Waals surface area contributed by atoms with E-state index in [0.717, 1.165) is 46.0 Å². The van der Waals surface area contributed by atoms with Crippen LogP contribution in [0.5, 0.6) is 0 Å². The average molecular weight is 394 g/mol. The predicted molar refractivity (Wildman–Crippen MR) is 92.7 cm³/mol. The Morgan fingerprint density at radius 1 is 1.35 bits per heavy atom. The number of carbonyl (C=O) groups is 1. The van der Waals surface area contributed by atoms with E-state index < -0.39 is 11.4 Å². The number of hydrogen-bond acceptors (Lipinski definition) is 5. The number of halogens is 1. The molecule has 0 bridgehead atoms. The molecule has 3 heterocycles. The average Bonchev–Trinajstić information content (AvgIpc) is 3.21. The molecule has 0 amide bonds. The zero-order valence-corrected chi connectivity index (χ0v) is 14.8. The van der Waals surface area contributed by atoms with Crippen molar-refractivity contribution < 1.29 is 9.90 Å². The second-order valence-corrected chi connectivity index (χ2v) is 8.77. The summed E-state index contributed by atoms with van der Waals surface area (Å²) in [6.07, 6.45) is 2.79. The fourth-order valence-electron chi connectivity index (χ4n) is 3.89. The Hall–Kier alpha value is -1.47. The molecule has 2 atom stereocenters. The van der Waals surface area contributed by atoms with Gasteiger partial charge in [0.1, 0.15) is 5.69 Å². The van der Waals surface area contributed by atoms with E-state index in [1.54, 1.807) is 11.3 Å². The Kier molecular flexibility index (Phi) is 3.65. The lowest BCUT2D eigenvalue weighted by molar-refractivity contribution is -0.149. The summed E-state index contributed by atoms with van der Waals surface area (Å²) in [5, 5.41) is 18.3. The zero-order chi connectivity index (χ0) is 16.0. The second-order valence-electron chi connectivity index (χ2n) is 6.31. The molecule has 1 aliphatic carbocycles. The molecule has 1 saturated carbocycles. The molecule has 2 aliphatic rings. The van der Waals surface area contributed by atoms with Gasteiger partial charge in [-0.3, -0.25) is 4.79 Å². The molecule has 1 aliphatic heterocycles. The van der Waals surface area contributed by atoms with Crippen LogP contribution in [0.15, 0.2) is 28.1 Å². The Bertz CT molecular complexity index is 748. The van der Waals surface area contributed by atoms with Crippen LogP contribution in [0.2, 0.25) is 0 Å². The SMILES string of the molecule is O=C(O)[C@@]12CCC[C@H]1CN(c1ccc(-c3ccc(Br)s3)nn1)C2.